The van der Waals surface area contributed by atoms with E-state index in [1.807, 2.05) is 25.3 Å². The second-order valence-electron chi connectivity index (χ2n) is 8.33. The van der Waals surface area contributed by atoms with Crippen LogP contribution in [0.25, 0.3) is 22.0 Å². The number of pyridine rings is 1. The Balaban J connectivity index is 1.57. The van der Waals surface area contributed by atoms with Gasteiger partial charge in [-0.2, -0.15) is 0 Å². The molecule has 1 aliphatic heterocycles. The van der Waals surface area contributed by atoms with Crippen molar-refractivity contribution < 1.29 is 4.39 Å². The molecule has 1 fully saturated rings. The highest BCUT2D eigenvalue weighted by molar-refractivity contribution is 5.98. The van der Waals surface area contributed by atoms with E-state index in [4.69, 9.17) is 0 Å². The number of anilines is 1. The minimum absolute atomic E-state index is 0.222. The lowest BCUT2D eigenvalue weighted by Gasteiger charge is -2.26. The molecule has 4 rings (SSSR count). The van der Waals surface area contributed by atoms with Gasteiger partial charge in [0.05, 0.1) is 5.52 Å². The quantitative estimate of drug-likeness (QED) is 0.512. The highest BCUT2D eigenvalue weighted by Crippen LogP contribution is 2.34. The zero-order valence-electron chi connectivity index (χ0n) is 18.0. The number of halogens is 1. The first kappa shape index (κ1) is 20.5. The van der Waals surface area contributed by atoms with Crippen molar-refractivity contribution in [1.29, 1.82) is 0 Å². The van der Waals surface area contributed by atoms with Crippen molar-refractivity contribution in [3.05, 3.63) is 71.8 Å². The average Bonchev–Trinajstić information content (AvgIpc) is 2.76. The Bertz CT molecular complexity index is 1070. The number of fused-ring (bicyclic) bond motifs is 1. The van der Waals surface area contributed by atoms with Crippen molar-refractivity contribution in [3.8, 4) is 11.1 Å². The highest BCUT2D eigenvalue weighted by Gasteiger charge is 2.13. The summed E-state index contributed by atoms with van der Waals surface area (Å²) < 4.78 is 13.9. The van der Waals surface area contributed by atoms with Gasteiger partial charge in [0.1, 0.15) is 5.82 Å². The molecule has 0 spiro atoms. The average molecular weight is 404 g/mol. The fourth-order valence-electron chi connectivity index (χ4n) is 4.34. The van der Waals surface area contributed by atoms with Gasteiger partial charge in [-0.05, 0) is 92.7 Å². The standard InChI is InChI=1S/C26H30FN3/c1-18-7-8-21(27)17-24(18)22-11-13-28-26-20(3)25(10-9-23(22)26)29-19(2)12-16-30-14-5-4-6-15-30/h7-11,13,17,29H,2,4-6,12,14-16H2,1,3H3. The van der Waals surface area contributed by atoms with Gasteiger partial charge >= 0.3 is 0 Å². The molecule has 156 valence electrons. The molecule has 0 amide bonds. The molecule has 1 saturated heterocycles. The SMILES string of the molecule is C=C(CCN1CCCCC1)Nc1ccc2c(-c3cc(F)ccc3C)ccnc2c1C. The fourth-order valence-corrected chi connectivity index (χ4v) is 4.34. The maximum atomic E-state index is 13.9. The molecule has 3 nitrogen and oxygen atoms in total. The summed E-state index contributed by atoms with van der Waals surface area (Å²) in [5.41, 5.74) is 7.05. The Morgan fingerprint density at radius 1 is 1.07 bits per heavy atom. The summed E-state index contributed by atoms with van der Waals surface area (Å²) in [6, 6.07) is 11.1. The van der Waals surface area contributed by atoms with Gasteiger partial charge in [0.15, 0.2) is 0 Å². The van der Waals surface area contributed by atoms with Gasteiger partial charge in [0.25, 0.3) is 0 Å². The Morgan fingerprint density at radius 2 is 1.87 bits per heavy atom. The van der Waals surface area contributed by atoms with E-state index in [0.29, 0.717) is 0 Å². The van der Waals surface area contributed by atoms with Crippen LogP contribution in [0.15, 0.2) is 54.9 Å². The van der Waals surface area contributed by atoms with Crippen LogP contribution < -0.4 is 5.32 Å². The minimum Gasteiger partial charge on any atom is -0.359 e. The molecule has 30 heavy (non-hydrogen) atoms. The number of likely N-dealkylation sites (tertiary alicyclic amines) is 1. The number of hydrogen-bond donors (Lipinski definition) is 1. The van der Waals surface area contributed by atoms with Gasteiger partial charge in [-0.15, -0.1) is 0 Å². The van der Waals surface area contributed by atoms with Crippen LogP contribution in [0.1, 0.15) is 36.8 Å². The van der Waals surface area contributed by atoms with Gasteiger partial charge in [-0.25, -0.2) is 4.39 Å². The Morgan fingerprint density at radius 3 is 2.67 bits per heavy atom. The lowest BCUT2D eigenvalue weighted by molar-refractivity contribution is 0.231. The number of aromatic nitrogens is 1. The zero-order valence-corrected chi connectivity index (χ0v) is 18.0. The Labute approximate surface area is 178 Å². The van der Waals surface area contributed by atoms with Crippen molar-refractivity contribution >= 4 is 16.6 Å². The van der Waals surface area contributed by atoms with E-state index in [1.165, 1.54) is 38.4 Å². The van der Waals surface area contributed by atoms with Crippen molar-refractivity contribution in [2.45, 2.75) is 39.5 Å². The van der Waals surface area contributed by atoms with E-state index in [9.17, 15) is 4.39 Å². The van der Waals surface area contributed by atoms with Crippen LogP contribution in [-0.4, -0.2) is 29.5 Å². The molecule has 0 atom stereocenters. The molecule has 0 bridgehead atoms. The number of nitrogens with zero attached hydrogens (tertiary/aromatic N) is 2. The van der Waals surface area contributed by atoms with Gasteiger partial charge in [-0.1, -0.05) is 25.1 Å². The molecule has 0 unspecified atom stereocenters. The van der Waals surface area contributed by atoms with Crippen LogP contribution in [0.4, 0.5) is 10.1 Å². The topological polar surface area (TPSA) is 28.2 Å². The van der Waals surface area contributed by atoms with E-state index >= 15 is 0 Å². The molecule has 4 heteroatoms. The normalized spacial score (nSPS) is 14.8. The number of piperidine rings is 1. The zero-order chi connectivity index (χ0) is 21.1. The van der Waals surface area contributed by atoms with Crippen molar-refractivity contribution in [2.24, 2.45) is 0 Å². The first-order valence-electron chi connectivity index (χ1n) is 10.8. The number of aryl methyl sites for hydroxylation is 2. The summed E-state index contributed by atoms with van der Waals surface area (Å²) >= 11 is 0. The molecule has 2 aromatic carbocycles. The van der Waals surface area contributed by atoms with Gasteiger partial charge in [-0.3, -0.25) is 4.98 Å². The van der Waals surface area contributed by atoms with E-state index in [-0.39, 0.29) is 5.82 Å². The largest absolute Gasteiger partial charge is 0.359 e. The molecule has 1 aliphatic rings. The maximum Gasteiger partial charge on any atom is 0.123 e. The molecular formula is C26H30FN3. The highest BCUT2D eigenvalue weighted by atomic mass is 19.1. The van der Waals surface area contributed by atoms with Crippen LogP contribution in [-0.2, 0) is 0 Å². The third kappa shape index (κ3) is 4.39. The van der Waals surface area contributed by atoms with E-state index in [1.54, 1.807) is 6.07 Å². The summed E-state index contributed by atoms with van der Waals surface area (Å²) in [5, 5.41) is 4.54. The monoisotopic (exact) mass is 403 g/mol. The van der Waals surface area contributed by atoms with Crippen LogP contribution in [0, 0.1) is 19.7 Å². The van der Waals surface area contributed by atoms with Crippen LogP contribution in [0.2, 0.25) is 0 Å². The van der Waals surface area contributed by atoms with Gasteiger partial charge < -0.3 is 10.2 Å². The second-order valence-corrected chi connectivity index (χ2v) is 8.33. The Kier molecular flexibility index (Phi) is 6.14. The lowest BCUT2D eigenvalue weighted by Crippen LogP contribution is -2.31. The first-order valence-corrected chi connectivity index (χ1v) is 10.8. The molecule has 0 radical (unpaired) electrons. The summed E-state index contributed by atoms with van der Waals surface area (Å²) in [7, 11) is 0. The summed E-state index contributed by atoms with van der Waals surface area (Å²) in [4.78, 5) is 7.16. The summed E-state index contributed by atoms with van der Waals surface area (Å²) in [6.45, 7) is 11.8. The number of hydrogen-bond acceptors (Lipinski definition) is 3. The predicted octanol–water partition coefficient (Wildman–Crippen LogP) is 6.46. The third-order valence-corrected chi connectivity index (χ3v) is 6.15. The van der Waals surface area contributed by atoms with Crippen LogP contribution in [0.3, 0.4) is 0 Å². The lowest BCUT2D eigenvalue weighted by atomic mass is 9.95. The van der Waals surface area contributed by atoms with E-state index in [0.717, 1.165) is 57.5 Å². The number of nitrogens with one attached hydrogen (secondary N) is 1. The molecule has 1 aromatic heterocycles. The molecule has 2 heterocycles. The minimum atomic E-state index is -0.222. The van der Waals surface area contributed by atoms with Crippen LogP contribution in [0.5, 0.6) is 0 Å². The van der Waals surface area contributed by atoms with E-state index in [2.05, 4.69) is 40.8 Å². The van der Waals surface area contributed by atoms with Gasteiger partial charge in [0.2, 0.25) is 0 Å². The second kappa shape index (κ2) is 8.97. The fraction of sp³-hybridized carbons (Fsp3) is 0.346. The first-order chi connectivity index (χ1) is 14.5. The van der Waals surface area contributed by atoms with Crippen LogP contribution >= 0.6 is 0 Å². The van der Waals surface area contributed by atoms with Gasteiger partial charge in [0, 0.05) is 29.5 Å². The molecular weight excluding hydrogens is 373 g/mol. The maximum absolute atomic E-state index is 13.9. The van der Waals surface area contributed by atoms with Crippen molar-refractivity contribution in [1.82, 2.24) is 9.88 Å². The van der Waals surface area contributed by atoms with E-state index < -0.39 is 0 Å². The number of rotatable bonds is 6. The predicted molar refractivity (Wildman–Crippen MR) is 124 cm³/mol. The molecule has 3 aromatic rings. The van der Waals surface area contributed by atoms with Crippen molar-refractivity contribution in [3.63, 3.8) is 0 Å². The molecule has 0 aliphatic carbocycles. The van der Waals surface area contributed by atoms with Crippen molar-refractivity contribution in [2.75, 3.05) is 25.0 Å². The molecule has 1 N–H and O–H groups in total. The Hall–Kier alpha value is -2.72. The molecule has 0 saturated carbocycles. The number of benzene rings is 2. The summed E-state index contributed by atoms with van der Waals surface area (Å²) in [6.07, 6.45) is 6.72. The smallest absolute Gasteiger partial charge is 0.123 e. The summed E-state index contributed by atoms with van der Waals surface area (Å²) in [5.74, 6) is -0.222. The third-order valence-electron chi connectivity index (χ3n) is 6.15.